The van der Waals surface area contributed by atoms with Crippen LogP contribution in [-0.4, -0.2) is 28.5 Å². The lowest BCUT2D eigenvalue weighted by Crippen LogP contribution is -2.30. The fraction of sp³-hybridized carbons (Fsp3) is 0.120. The number of amides is 1. The molecule has 1 saturated heterocycles. The number of anilines is 1. The molecule has 0 bridgehead atoms. The first kappa shape index (κ1) is 20.2. The van der Waals surface area contributed by atoms with Crippen molar-refractivity contribution in [3.8, 4) is 0 Å². The van der Waals surface area contributed by atoms with Crippen molar-refractivity contribution < 1.29 is 24.3 Å². The van der Waals surface area contributed by atoms with Gasteiger partial charge in [-0.05, 0) is 36.8 Å². The van der Waals surface area contributed by atoms with E-state index in [-0.39, 0.29) is 5.56 Å². The van der Waals surface area contributed by atoms with Crippen molar-refractivity contribution >= 4 is 29.1 Å². The minimum Gasteiger partial charge on any atom is -0.478 e. The molecule has 2 atom stereocenters. The van der Waals surface area contributed by atoms with Crippen LogP contribution in [0.2, 0.25) is 0 Å². The first-order valence-corrected chi connectivity index (χ1v) is 9.75. The normalized spacial score (nSPS) is 18.3. The molecule has 0 radical (unpaired) electrons. The summed E-state index contributed by atoms with van der Waals surface area (Å²) in [5.41, 5.74) is 2.43. The van der Waals surface area contributed by atoms with Crippen molar-refractivity contribution in [3.05, 3.63) is 101 Å². The van der Waals surface area contributed by atoms with Crippen molar-refractivity contribution in [2.45, 2.75) is 13.0 Å². The summed E-state index contributed by atoms with van der Waals surface area (Å²) in [5.74, 6) is -4.28. The number of hydrogen-bond acceptors (Lipinski definition) is 4. The van der Waals surface area contributed by atoms with E-state index in [1.54, 1.807) is 42.5 Å². The highest BCUT2D eigenvalue weighted by molar-refractivity contribution is 6.49. The van der Waals surface area contributed by atoms with Gasteiger partial charge in [0, 0.05) is 11.3 Å². The number of benzene rings is 3. The zero-order chi connectivity index (χ0) is 22.1. The molecule has 0 aromatic heterocycles. The molecule has 1 fully saturated rings. The van der Waals surface area contributed by atoms with Crippen LogP contribution in [0.4, 0.5) is 5.69 Å². The molecule has 31 heavy (non-hydrogen) atoms. The van der Waals surface area contributed by atoms with Gasteiger partial charge in [-0.1, -0.05) is 60.2 Å². The summed E-state index contributed by atoms with van der Waals surface area (Å²) < 4.78 is 0. The fourth-order valence-electron chi connectivity index (χ4n) is 3.86. The van der Waals surface area contributed by atoms with Gasteiger partial charge >= 0.3 is 5.97 Å². The Morgan fingerprint density at radius 3 is 2.00 bits per heavy atom. The Morgan fingerprint density at radius 1 is 0.806 bits per heavy atom. The van der Waals surface area contributed by atoms with Crippen LogP contribution in [0.1, 0.15) is 37.9 Å². The maximum atomic E-state index is 13.3. The van der Waals surface area contributed by atoms with Gasteiger partial charge in [0.15, 0.2) is 5.78 Å². The second-order valence-corrected chi connectivity index (χ2v) is 7.45. The summed E-state index contributed by atoms with van der Waals surface area (Å²) in [7, 11) is 0. The number of rotatable bonds is 5. The second-order valence-electron chi connectivity index (χ2n) is 7.45. The maximum absolute atomic E-state index is 13.3. The molecule has 1 aliphatic rings. The van der Waals surface area contributed by atoms with Crippen LogP contribution >= 0.6 is 0 Å². The van der Waals surface area contributed by atoms with Gasteiger partial charge in [-0.15, -0.1) is 0 Å². The number of carboxylic acid groups (broad SMARTS) is 1. The molecule has 3 aromatic carbocycles. The topological polar surface area (TPSA) is 91.8 Å². The van der Waals surface area contributed by atoms with Crippen molar-refractivity contribution in [1.29, 1.82) is 0 Å². The van der Waals surface area contributed by atoms with E-state index in [1.807, 2.05) is 19.1 Å². The van der Waals surface area contributed by atoms with E-state index in [0.29, 0.717) is 16.8 Å². The predicted octanol–water partition coefficient (Wildman–Crippen LogP) is 3.85. The van der Waals surface area contributed by atoms with Gasteiger partial charge in [0.1, 0.15) is 5.92 Å². The highest BCUT2D eigenvalue weighted by Crippen LogP contribution is 2.41. The second kappa shape index (κ2) is 7.99. The molecule has 0 saturated carbocycles. The van der Waals surface area contributed by atoms with E-state index >= 15 is 0 Å². The summed E-state index contributed by atoms with van der Waals surface area (Å²) in [6.45, 7) is 1.92. The maximum Gasteiger partial charge on any atom is 0.335 e. The average Bonchev–Trinajstić information content (AvgIpc) is 3.05. The van der Waals surface area contributed by atoms with Crippen molar-refractivity contribution in [2.75, 3.05) is 4.90 Å². The summed E-state index contributed by atoms with van der Waals surface area (Å²) in [4.78, 5) is 51.8. The number of carboxylic acids is 1. The van der Waals surface area contributed by atoms with Gasteiger partial charge in [-0.3, -0.25) is 19.3 Å². The lowest BCUT2D eigenvalue weighted by molar-refractivity contribution is -0.135. The van der Waals surface area contributed by atoms with Crippen LogP contribution in [0.15, 0.2) is 78.9 Å². The predicted molar refractivity (Wildman–Crippen MR) is 114 cm³/mol. The molecule has 6 nitrogen and oxygen atoms in total. The summed E-state index contributed by atoms with van der Waals surface area (Å²) in [6, 6.07) is 20.6. The molecule has 0 spiro atoms. The molecule has 1 aliphatic heterocycles. The summed E-state index contributed by atoms with van der Waals surface area (Å²) in [6.07, 6.45) is 0. The Bertz CT molecular complexity index is 1170. The Balaban J connectivity index is 1.84. The van der Waals surface area contributed by atoms with Gasteiger partial charge < -0.3 is 5.11 Å². The molecular weight excluding hydrogens is 394 g/mol. The van der Waals surface area contributed by atoms with Crippen molar-refractivity contribution in [1.82, 2.24) is 0 Å². The molecule has 1 heterocycles. The SMILES string of the molecule is Cc1ccc(C2C(C(=O)c3ccccc3)C(=O)C(=O)N2c2ccc(C(=O)O)cc2)cc1. The van der Waals surface area contributed by atoms with Crippen LogP contribution < -0.4 is 4.90 Å². The van der Waals surface area contributed by atoms with Crippen molar-refractivity contribution in [2.24, 2.45) is 5.92 Å². The van der Waals surface area contributed by atoms with E-state index in [2.05, 4.69) is 0 Å². The highest BCUT2D eigenvalue weighted by Gasteiger charge is 2.52. The number of aryl methyl sites for hydroxylation is 1. The smallest absolute Gasteiger partial charge is 0.335 e. The summed E-state index contributed by atoms with van der Waals surface area (Å²) >= 11 is 0. The quantitative estimate of drug-likeness (QED) is 0.390. The van der Waals surface area contributed by atoms with E-state index in [4.69, 9.17) is 5.11 Å². The number of hydrogen-bond donors (Lipinski definition) is 1. The van der Waals surface area contributed by atoms with Crippen LogP contribution in [0.5, 0.6) is 0 Å². The monoisotopic (exact) mass is 413 g/mol. The van der Waals surface area contributed by atoms with Crippen molar-refractivity contribution in [3.63, 3.8) is 0 Å². The number of carbonyl (C=O) groups is 4. The lowest BCUT2D eigenvalue weighted by atomic mass is 9.86. The number of aromatic carboxylic acids is 1. The first-order valence-electron chi connectivity index (χ1n) is 9.75. The van der Waals surface area contributed by atoms with Crippen LogP contribution in [0.3, 0.4) is 0 Å². The number of Topliss-reactive ketones (excluding diaryl/α,β-unsaturated/α-hetero) is 2. The minimum atomic E-state index is -1.20. The number of carbonyl (C=O) groups excluding carboxylic acids is 3. The van der Waals surface area contributed by atoms with E-state index < -0.39 is 35.4 Å². The third-order valence-electron chi connectivity index (χ3n) is 5.46. The zero-order valence-corrected chi connectivity index (χ0v) is 16.7. The van der Waals surface area contributed by atoms with Crippen LogP contribution in [-0.2, 0) is 9.59 Å². The Labute approximate surface area is 178 Å². The van der Waals surface area contributed by atoms with E-state index in [9.17, 15) is 19.2 Å². The Hall–Kier alpha value is -4.06. The van der Waals surface area contributed by atoms with Gasteiger partial charge in [0.2, 0.25) is 5.78 Å². The molecule has 154 valence electrons. The molecule has 6 heteroatoms. The third-order valence-corrected chi connectivity index (χ3v) is 5.46. The molecule has 4 rings (SSSR count). The average molecular weight is 413 g/mol. The number of nitrogens with zero attached hydrogens (tertiary/aromatic N) is 1. The standard InChI is InChI=1S/C25H19NO5/c1-15-7-9-16(10-8-15)21-20(22(27)17-5-3-2-4-6-17)23(28)24(29)26(21)19-13-11-18(12-14-19)25(30)31/h2-14,20-21H,1H3,(H,30,31). The Morgan fingerprint density at radius 2 is 1.42 bits per heavy atom. The van der Waals surface area contributed by atoms with E-state index in [1.165, 1.54) is 29.2 Å². The fourth-order valence-corrected chi connectivity index (χ4v) is 3.86. The molecular formula is C25H19NO5. The van der Waals surface area contributed by atoms with E-state index in [0.717, 1.165) is 5.56 Å². The Kier molecular flexibility index (Phi) is 5.21. The van der Waals surface area contributed by atoms with Crippen LogP contribution in [0.25, 0.3) is 0 Å². The van der Waals surface area contributed by atoms with Crippen LogP contribution in [0, 0.1) is 12.8 Å². The molecule has 3 aromatic rings. The highest BCUT2D eigenvalue weighted by atomic mass is 16.4. The molecule has 2 unspecified atom stereocenters. The van der Waals surface area contributed by atoms with Gasteiger partial charge in [0.25, 0.3) is 5.91 Å². The molecule has 0 aliphatic carbocycles. The summed E-state index contributed by atoms with van der Waals surface area (Å²) in [5, 5.41) is 9.15. The number of ketones is 2. The zero-order valence-electron chi connectivity index (χ0n) is 16.7. The lowest BCUT2D eigenvalue weighted by Gasteiger charge is -2.27. The minimum absolute atomic E-state index is 0.0607. The third kappa shape index (κ3) is 3.64. The van der Waals surface area contributed by atoms with Gasteiger partial charge in [0.05, 0.1) is 11.6 Å². The van der Waals surface area contributed by atoms with Gasteiger partial charge in [-0.2, -0.15) is 0 Å². The first-order chi connectivity index (χ1) is 14.9. The largest absolute Gasteiger partial charge is 0.478 e. The molecule has 1 N–H and O–H groups in total. The molecule has 1 amide bonds. The van der Waals surface area contributed by atoms with Gasteiger partial charge in [-0.25, -0.2) is 4.79 Å².